The number of aliphatic hydroxyl groups is 1. The van der Waals surface area contributed by atoms with Crippen LogP contribution in [0.5, 0.6) is 0 Å². The van der Waals surface area contributed by atoms with Crippen LogP contribution < -0.4 is 5.32 Å². The lowest BCUT2D eigenvalue weighted by Crippen LogP contribution is -2.80. The standard InChI is InChI=1S/C19H20N2O2/c1-14(22)15-5-7-16(8-6-15)19-10-9-18(23-19)13-20-12-17-4-2-3-11-21-17/h2-11,14,20,22H,12-13H2,1H3/p+1/t14-/m1/s1. The van der Waals surface area contributed by atoms with Crippen molar-refractivity contribution in [3.63, 3.8) is 0 Å². The molecule has 0 saturated heterocycles. The Morgan fingerprint density at radius 1 is 1.04 bits per heavy atom. The van der Waals surface area contributed by atoms with Crippen molar-refractivity contribution in [3.05, 3.63) is 77.8 Å². The molecule has 1 aromatic carbocycles. The molecular weight excluding hydrogens is 288 g/mol. The number of pyridine rings is 1. The van der Waals surface area contributed by atoms with Gasteiger partial charge in [-0.05, 0) is 36.8 Å². The molecule has 0 unspecified atom stereocenters. The molecule has 0 spiro atoms. The van der Waals surface area contributed by atoms with Crippen LogP contribution in [0.25, 0.3) is 11.3 Å². The number of rotatable bonds is 6. The van der Waals surface area contributed by atoms with E-state index in [1.54, 1.807) is 6.92 Å². The Kier molecular flexibility index (Phi) is 4.86. The molecule has 0 fully saturated rings. The molecule has 0 aliphatic carbocycles. The highest BCUT2D eigenvalue weighted by Crippen LogP contribution is 2.23. The van der Waals surface area contributed by atoms with Gasteiger partial charge in [0.05, 0.1) is 11.8 Å². The second kappa shape index (κ2) is 7.22. The number of benzene rings is 1. The molecule has 0 amide bonds. The fourth-order valence-electron chi connectivity index (χ4n) is 2.45. The van der Waals surface area contributed by atoms with Gasteiger partial charge in [0, 0.05) is 11.8 Å². The molecule has 3 rings (SSSR count). The van der Waals surface area contributed by atoms with Crippen molar-refractivity contribution in [1.29, 1.82) is 0 Å². The van der Waals surface area contributed by atoms with Crippen LogP contribution in [-0.2, 0) is 13.1 Å². The molecule has 2 aromatic heterocycles. The zero-order valence-electron chi connectivity index (χ0n) is 13.1. The highest BCUT2D eigenvalue weighted by Gasteiger charge is 2.07. The third-order valence-electron chi connectivity index (χ3n) is 3.76. The summed E-state index contributed by atoms with van der Waals surface area (Å²) in [6, 6.07) is 17.7. The van der Waals surface area contributed by atoms with E-state index in [9.17, 15) is 5.11 Å². The number of quaternary nitrogens is 1. The van der Waals surface area contributed by atoms with Crippen LogP contribution in [0.3, 0.4) is 0 Å². The van der Waals surface area contributed by atoms with Crippen molar-refractivity contribution >= 4 is 0 Å². The minimum atomic E-state index is -0.447. The summed E-state index contributed by atoms with van der Waals surface area (Å²) >= 11 is 0. The van der Waals surface area contributed by atoms with Crippen molar-refractivity contribution in [1.82, 2.24) is 4.98 Å². The van der Waals surface area contributed by atoms with Gasteiger partial charge in [0.2, 0.25) is 0 Å². The third-order valence-corrected chi connectivity index (χ3v) is 3.76. The van der Waals surface area contributed by atoms with Crippen molar-refractivity contribution in [2.45, 2.75) is 26.1 Å². The Hall–Kier alpha value is -2.43. The average molecular weight is 309 g/mol. The minimum Gasteiger partial charge on any atom is -0.455 e. The maximum absolute atomic E-state index is 9.55. The highest BCUT2D eigenvalue weighted by atomic mass is 16.3. The SMILES string of the molecule is C[C@@H](O)c1ccc(-c2ccc(C[NH2+]Cc3ccccn3)o2)cc1. The summed E-state index contributed by atoms with van der Waals surface area (Å²) in [6.45, 7) is 3.37. The first kappa shape index (κ1) is 15.5. The topological polar surface area (TPSA) is 62.9 Å². The highest BCUT2D eigenvalue weighted by molar-refractivity contribution is 5.58. The fraction of sp³-hybridized carbons (Fsp3) is 0.211. The molecule has 3 aromatic rings. The normalized spacial score (nSPS) is 12.3. The van der Waals surface area contributed by atoms with Crippen LogP contribution >= 0.6 is 0 Å². The maximum Gasteiger partial charge on any atom is 0.158 e. The predicted molar refractivity (Wildman–Crippen MR) is 88.3 cm³/mol. The van der Waals surface area contributed by atoms with Crippen LogP contribution in [0.15, 0.2) is 65.2 Å². The quantitative estimate of drug-likeness (QED) is 0.736. The monoisotopic (exact) mass is 309 g/mol. The predicted octanol–water partition coefficient (Wildman–Crippen LogP) is 2.66. The van der Waals surface area contributed by atoms with E-state index in [0.717, 1.165) is 41.4 Å². The van der Waals surface area contributed by atoms with E-state index in [-0.39, 0.29) is 0 Å². The second-order valence-electron chi connectivity index (χ2n) is 5.58. The van der Waals surface area contributed by atoms with E-state index >= 15 is 0 Å². The van der Waals surface area contributed by atoms with Crippen LogP contribution in [-0.4, -0.2) is 10.1 Å². The summed E-state index contributed by atoms with van der Waals surface area (Å²) in [5, 5.41) is 11.7. The van der Waals surface area contributed by atoms with Gasteiger partial charge >= 0.3 is 0 Å². The number of nitrogens with zero attached hydrogens (tertiary/aromatic N) is 1. The van der Waals surface area contributed by atoms with Crippen molar-refractivity contribution in [2.75, 3.05) is 0 Å². The molecule has 4 nitrogen and oxygen atoms in total. The van der Waals surface area contributed by atoms with Gasteiger partial charge in [0.1, 0.15) is 18.8 Å². The molecule has 0 bridgehead atoms. The Morgan fingerprint density at radius 2 is 1.87 bits per heavy atom. The van der Waals surface area contributed by atoms with Gasteiger partial charge in [-0.1, -0.05) is 30.3 Å². The number of aliphatic hydroxyl groups excluding tert-OH is 1. The molecule has 3 N–H and O–H groups in total. The van der Waals surface area contributed by atoms with Gasteiger partial charge in [0.15, 0.2) is 5.76 Å². The van der Waals surface area contributed by atoms with E-state index in [2.05, 4.69) is 10.3 Å². The van der Waals surface area contributed by atoms with Crippen molar-refractivity contribution in [2.24, 2.45) is 0 Å². The van der Waals surface area contributed by atoms with Crippen LogP contribution in [0.4, 0.5) is 0 Å². The van der Waals surface area contributed by atoms with Gasteiger partial charge in [-0.15, -0.1) is 0 Å². The summed E-state index contributed by atoms with van der Waals surface area (Å²) in [5.41, 5.74) is 2.99. The number of furan rings is 1. The second-order valence-corrected chi connectivity index (χ2v) is 5.58. The van der Waals surface area contributed by atoms with Gasteiger partial charge in [-0.2, -0.15) is 0 Å². The molecule has 2 heterocycles. The Labute approximate surface area is 135 Å². The number of nitrogens with two attached hydrogens (primary N) is 1. The van der Waals surface area contributed by atoms with E-state index in [0.29, 0.717) is 0 Å². The average Bonchev–Trinajstić information content (AvgIpc) is 3.05. The van der Waals surface area contributed by atoms with Gasteiger partial charge in [-0.3, -0.25) is 4.98 Å². The molecule has 1 atom stereocenters. The van der Waals surface area contributed by atoms with Crippen molar-refractivity contribution < 1.29 is 14.8 Å². The molecule has 118 valence electrons. The number of hydrogen-bond donors (Lipinski definition) is 2. The molecule has 0 saturated carbocycles. The summed E-state index contributed by atoms with van der Waals surface area (Å²) < 4.78 is 5.89. The smallest absolute Gasteiger partial charge is 0.158 e. The van der Waals surface area contributed by atoms with Crippen molar-refractivity contribution in [3.8, 4) is 11.3 Å². The molecule has 23 heavy (non-hydrogen) atoms. The Bertz CT molecular complexity index is 734. The molecule has 0 aliphatic heterocycles. The number of aromatic nitrogens is 1. The molecule has 0 aliphatic rings. The molecule has 4 heteroatoms. The lowest BCUT2D eigenvalue weighted by molar-refractivity contribution is -0.688. The minimum absolute atomic E-state index is 0.447. The lowest BCUT2D eigenvalue weighted by Gasteiger charge is -2.04. The Morgan fingerprint density at radius 3 is 2.57 bits per heavy atom. The van der Waals surface area contributed by atoms with Gasteiger partial charge in [-0.25, -0.2) is 0 Å². The van der Waals surface area contributed by atoms with Gasteiger partial charge < -0.3 is 14.8 Å². The van der Waals surface area contributed by atoms with Gasteiger partial charge in [0.25, 0.3) is 0 Å². The largest absolute Gasteiger partial charge is 0.455 e. The summed E-state index contributed by atoms with van der Waals surface area (Å²) in [6.07, 6.45) is 1.36. The third kappa shape index (κ3) is 4.06. The zero-order chi connectivity index (χ0) is 16.1. The first-order valence-electron chi connectivity index (χ1n) is 7.81. The van der Waals surface area contributed by atoms with Crippen LogP contribution in [0, 0.1) is 0 Å². The Balaban J connectivity index is 1.59. The first-order chi connectivity index (χ1) is 11.2. The van der Waals surface area contributed by atoms with E-state index in [4.69, 9.17) is 4.42 Å². The summed E-state index contributed by atoms with van der Waals surface area (Å²) in [7, 11) is 0. The van der Waals surface area contributed by atoms with E-state index in [1.807, 2.05) is 60.8 Å². The summed E-state index contributed by atoms with van der Waals surface area (Å²) in [4.78, 5) is 4.30. The lowest BCUT2D eigenvalue weighted by atomic mass is 10.1. The molecule has 0 radical (unpaired) electrons. The number of hydrogen-bond acceptors (Lipinski definition) is 3. The van der Waals surface area contributed by atoms with E-state index in [1.165, 1.54) is 0 Å². The fourth-order valence-corrected chi connectivity index (χ4v) is 2.45. The molecular formula is C19H21N2O2+. The van der Waals surface area contributed by atoms with E-state index < -0.39 is 6.10 Å². The summed E-state index contributed by atoms with van der Waals surface area (Å²) in [5.74, 6) is 1.79. The van der Waals surface area contributed by atoms with Crippen LogP contribution in [0.2, 0.25) is 0 Å². The first-order valence-corrected chi connectivity index (χ1v) is 7.81. The zero-order valence-corrected chi connectivity index (χ0v) is 13.1. The van der Waals surface area contributed by atoms with Crippen LogP contribution in [0.1, 0.15) is 30.0 Å². The maximum atomic E-state index is 9.55.